The lowest BCUT2D eigenvalue weighted by Crippen LogP contribution is -2.29. The molecule has 0 bridgehead atoms. The van der Waals surface area contributed by atoms with Crippen molar-refractivity contribution in [3.8, 4) is 0 Å². The summed E-state index contributed by atoms with van der Waals surface area (Å²) in [5, 5.41) is 12.2. The average Bonchev–Trinajstić information content (AvgIpc) is 2.26. The summed E-state index contributed by atoms with van der Waals surface area (Å²) in [4.78, 5) is 8.27. The molecule has 0 spiro atoms. The van der Waals surface area contributed by atoms with Crippen molar-refractivity contribution in [1.29, 1.82) is 0 Å². The molecule has 5 nitrogen and oxygen atoms in total. The zero-order valence-electron chi connectivity index (χ0n) is 9.14. The quantitative estimate of drug-likeness (QED) is 0.653. The predicted octanol–water partition coefficient (Wildman–Crippen LogP) is 0.364. The van der Waals surface area contributed by atoms with E-state index < -0.39 is 0 Å². The monoisotopic (exact) mass is 210 g/mol. The first-order chi connectivity index (χ1) is 7.17. The van der Waals surface area contributed by atoms with E-state index in [0.29, 0.717) is 18.3 Å². The topological polar surface area (TPSA) is 84.1 Å². The maximum Gasteiger partial charge on any atom is 0.144 e. The summed E-state index contributed by atoms with van der Waals surface area (Å²) in [5.74, 6) is 1.01. The number of anilines is 1. The van der Waals surface area contributed by atoms with Crippen molar-refractivity contribution in [3.63, 3.8) is 0 Å². The minimum absolute atomic E-state index is 0.00280. The van der Waals surface area contributed by atoms with Gasteiger partial charge in [-0.1, -0.05) is 13.8 Å². The van der Waals surface area contributed by atoms with Gasteiger partial charge in [0.1, 0.15) is 5.82 Å². The second-order valence-electron chi connectivity index (χ2n) is 3.77. The molecule has 1 atom stereocenters. The summed E-state index contributed by atoms with van der Waals surface area (Å²) in [6.45, 7) is 4.55. The van der Waals surface area contributed by atoms with E-state index in [1.165, 1.54) is 0 Å². The van der Waals surface area contributed by atoms with Crippen LogP contribution in [0, 0.1) is 5.92 Å². The molecule has 1 rings (SSSR count). The van der Waals surface area contributed by atoms with Crippen molar-refractivity contribution in [2.24, 2.45) is 11.7 Å². The highest BCUT2D eigenvalue weighted by Crippen LogP contribution is 2.08. The minimum Gasteiger partial charge on any atom is -0.394 e. The van der Waals surface area contributed by atoms with Crippen molar-refractivity contribution in [1.82, 2.24) is 9.97 Å². The Kier molecular flexibility index (Phi) is 4.45. The number of hydrogen-bond acceptors (Lipinski definition) is 5. The second-order valence-corrected chi connectivity index (χ2v) is 3.77. The highest BCUT2D eigenvalue weighted by atomic mass is 16.3. The number of hydrogen-bond donors (Lipinski definition) is 3. The Morgan fingerprint density at radius 2 is 2.13 bits per heavy atom. The van der Waals surface area contributed by atoms with Gasteiger partial charge in [-0.2, -0.15) is 0 Å². The predicted molar refractivity (Wildman–Crippen MR) is 59.3 cm³/mol. The Morgan fingerprint density at radius 1 is 1.40 bits per heavy atom. The van der Waals surface area contributed by atoms with E-state index in [1.54, 1.807) is 12.4 Å². The zero-order chi connectivity index (χ0) is 11.3. The summed E-state index contributed by atoms with van der Waals surface area (Å²) >= 11 is 0. The first kappa shape index (κ1) is 11.9. The van der Waals surface area contributed by atoms with Crippen LogP contribution in [0.2, 0.25) is 0 Å². The molecule has 1 aromatic heterocycles. The van der Waals surface area contributed by atoms with Crippen LogP contribution in [0.1, 0.15) is 19.5 Å². The van der Waals surface area contributed by atoms with Crippen LogP contribution in [0.3, 0.4) is 0 Å². The number of aromatic nitrogens is 2. The van der Waals surface area contributed by atoms with Gasteiger partial charge in [0.25, 0.3) is 0 Å². The van der Waals surface area contributed by atoms with Gasteiger partial charge in [0, 0.05) is 6.54 Å². The van der Waals surface area contributed by atoms with Crippen LogP contribution < -0.4 is 11.1 Å². The highest BCUT2D eigenvalue weighted by Gasteiger charge is 2.12. The molecule has 1 aromatic rings. The van der Waals surface area contributed by atoms with Crippen molar-refractivity contribution >= 4 is 5.82 Å². The molecule has 0 fully saturated rings. The van der Waals surface area contributed by atoms with Crippen molar-refractivity contribution < 1.29 is 5.11 Å². The maximum absolute atomic E-state index is 9.13. The van der Waals surface area contributed by atoms with Gasteiger partial charge in [0.2, 0.25) is 0 Å². The second kappa shape index (κ2) is 5.63. The van der Waals surface area contributed by atoms with Crippen LogP contribution in [-0.2, 0) is 6.54 Å². The van der Waals surface area contributed by atoms with E-state index >= 15 is 0 Å². The summed E-state index contributed by atoms with van der Waals surface area (Å²) in [6, 6.07) is 0.00280. The number of nitrogens with one attached hydrogen (secondary N) is 1. The molecule has 15 heavy (non-hydrogen) atoms. The molecule has 0 amide bonds. The summed E-state index contributed by atoms with van der Waals surface area (Å²) in [5.41, 5.74) is 6.17. The van der Waals surface area contributed by atoms with Gasteiger partial charge in [-0.05, 0) is 5.92 Å². The lowest BCUT2D eigenvalue weighted by atomic mass is 10.1. The number of aliphatic hydroxyl groups is 1. The van der Waals surface area contributed by atoms with Gasteiger partial charge in [-0.25, -0.2) is 4.98 Å². The third-order valence-corrected chi connectivity index (χ3v) is 2.25. The minimum atomic E-state index is 0.00280. The van der Waals surface area contributed by atoms with Crippen LogP contribution in [0.15, 0.2) is 12.4 Å². The van der Waals surface area contributed by atoms with Crippen LogP contribution in [0.4, 0.5) is 5.82 Å². The zero-order valence-corrected chi connectivity index (χ0v) is 9.14. The molecule has 1 heterocycles. The van der Waals surface area contributed by atoms with E-state index in [0.717, 1.165) is 5.69 Å². The molecule has 84 valence electrons. The molecule has 1 unspecified atom stereocenters. The number of rotatable bonds is 5. The Hall–Kier alpha value is -1.20. The Labute approximate surface area is 89.7 Å². The van der Waals surface area contributed by atoms with Gasteiger partial charge in [0.05, 0.1) is 30.7 Å². The fraction of sp³-hybridized carbons (Fsp3) is 0.600. The maximum atomic E-state index is 9.13. The van der Waals surface area contributed by atoms with E-state index in [4.69, 9.17) is 10.8 Å². The van der Waals surface area contributed by atoms with Crippen LogP contribution in [0.5, 0.6) is 0 Å². The molecular formula is C10H18N4O. The molecule has 4 N–H and O–H groups in total. The van der Waals surface area contributed by atoms with E-state index in [9.17, 15) is 0 Å². The third kappa shape index (κ3) is 3.45. The first-order valence-corrected chi connectivity index (χ1v) is 5.05. The van der Waals surface area contributed by atoms with Crippen molar-refractivity contribution in [3.05, 3.63) is 18.1 Å². The molecule has 0 radical (unpaired) electrons. The summed E-state index contributed by atoms with van der Waals surface area (Å²) in [7, 11) is 0. The lowest BCUT2D eigenvalue weighted by molar-refractivity contribution is 0.249. The fourth-order valence-electron chi connectivity index (χ4n) is 1.15. The fourth-order valence-corrected chi connectivity index (χ4v) is 1.15. The molecule has 0 saturated heterocycles. The lowest BCUT2D eigenvalue weighted by Gasteiger charge is -2.20. The average molecular weight is 210 g/mol. The van der Waals surface area contributed by atoms with Crippen LogP contribution in [-0.4, -0.2) is 27.7 Å². The standard InChI is InChI=1S/C10H18N4O/c1-7(2)9(6-15)14-10-5-12-8(3-11)4-13-10/h4-5,7,9,15H,3,6,11H2,1-2H3,(H,13,14). The Balaban J connectivity index is 2.63. The largest absolute Gasteiger partial charge is 0.394 e. The number of nitrogens with zero attached hydrogens (tertiary/aromatic N) is 2. The number of aliphatic hydroxyl groups excluding tert-OH is 1. The summed E-state index contributed by atoms with van der Waals surface area (Å²) < 4.78 is 0. The normalized spacial score (nSPS) is 12.9. The van der Waals surface area contributed by atoms with Gasteiger partial charge in [-0.15, -0.1) is 0 Å². The molecule has 5 heteroatoms. The molecule has 0 aliphatic rings. The van der Waals surface area contributed by atoms with Crippen LogP contribution >= 0.6 is 0 Å². The van der Waals surface area contributed by atoms with Crippen molar-refractivity contribution in [2.75, 3.05) is 11.9 Å². The van der Waals surface area contributed by atoms with E-state index in [1.807, 2.05) is 13.8 Å². The SMILES string of the molecule is CC(C)C(CO)Nc1cnc(CN)cn1. The molecular weight excluding hydrogens is 192 g/mol. The smallest absolute Gasteiger partial charge is 0.144 e. The van der Waals surface area contributed by atoms with E-state index in [-0.39, 0.29) is 12.6 Å². The van der Waals surface area contributed by atoms with Gasteiger partial charge in [-0.3, -0.25) is 4.98 Å². The Morgan fingerprint density at radius 3 is 2.53 bits per heavy atom. The first-order valence-electron chi connectivity index (χ1n) is 5.05. The van der Waals surface area contributed by atoms with Crippen LogP contribution in [0.25, 0.3) is 0 Å². The third-order valence-electron chi connectivity index (χ3n) is 2.25. The molecule has 0 aliphatic carbocycles. The summed E-state index contributed by atoms with van der Waals surface area (Å²) in [6.07, 6.45) is 3.27. The number of nitrogens with two attached hydrogens (primary N) is 1. The van der Waals surface area contributed by atoms with Gasteiger partial charge >= 0.3 is 0 Å². The van der Waals surface area contributed by atoms with Gasteiger partial charge in [0.15, 0.2) is 0 Å². The van der Waals surface area contributed by atoms with Gasteiger partial charge < -0.3 is 16.2 Å². The highest BCUT2D eigenvalue weighted by molar-refractivity contribution is 5.32. The van der Waals surface area contributed by atoms with E-state index in [2.05, 4.69) is 15.3 Å². The van der Waals surface area contributed by atoms with Crippen molar-refractivity contribution in [2.45, 2.75) is 26.4 Å². The molecule has 0 aromatic carbocycles. The molecule has 0 saturated carbocycles. The molecule has 0 aliphatic heterocycles. The Bertz CT molecular complexity index is 286.